The number of anilines is 1. The lowest BCUT2D eigenvalue weighted by Crippen LogP contribution is -2.44. The van der Waals surface area contributed by atoms with Crippen LogP contribution in [0.1, 0.15) is 49.5 Å². The van der Waals surface area contributed by atoms with Gasteiger partial charge in [-0.05, 0) is 25.7 Å². The molecule has 1 aromatic rings. The fourth-order valence-electron chi connectivity index (χ4n) is 2.64. The summed E-state index contributed by atoms with van der Waals surface area (Å²) in [7, 11) is 1.78. The molecular formula is C14H22N4O. The van der Waals surface area contributed by atoms with Crippen LogP contribution in [0.15, 0.2) is 12.4 Å². The van der Waals surface area contributed by atoms with E-state index in [1.165, 1.54) is 6.42 Å². The Labute approximate surface area is 114 Å². The van der Waals surface area contributed by atoms with Crippen LogP contribution in [0.2, 0.25) is 0 Å². The predicted octanol–water partition coefficient (Wildman–Crippen LogP) is 2.31. The van der Waals surface area contributed by atoms with E-state index in [0.717, 1.165) is 32.2 Å². The molecule has 1 fully saturated rings. The monoisotopic (exact) mass is 262 g/mol. The number of rotatable bonds is 4. The topological polar surface area (TPSA) is 58.1 Å². The molecule has 5 heteroatoms. The lowest BCUT2D eigenvalue weighted by atomic mass is 9.98. The highest BCUT2D eigenvalue weighted by Gasteiger charge is 2.27. The van der Waals surface area contributed by atoms with Gasteiger partial charge in [-0.25, -0.2) is 4.98 Å². The molecule has 2 rings (SSSR count). The molecule has 0 radical (unpaired) electrons. The smallest absolute Gasteiger partial charge is 0.274 e. The Morgan fingerprint density at radius 3 is 3.05 bits per heavy atom. The standard InChI is InChI=1S/C14H22N4O/c1-3-6-11-7-4-5-8-18(11)14(19)12-9-16-10-13(15-2)17-12/h9-11H,3-8H2,1-2H3,(H,15,17). The van der Waals surface area contributed by atoms with Gasteiger partial charge < -0.3 is 10.2 Å². The van der Waals surface area contributed by atoms with Crippen LogP contribution in [0.25, 0.3) is 0 Å². The first-order valence-corrected chi connectivity index (χ1v) is 7.07. The van der Waals surface area contributed by atoms with E-state index in [1.54, 1.807) is 19.4 Å². The van der Waals surface area contributed by atoms with Gasteiger partial charge in [-0.15, -0.1) is 0 Å². The van der Waals surface area contributed by atoms with E-state index in [9.17, 15) is 4.79 Å². The Bertz CT molecular complexity index is 433. The largest absolute Gasteiger partial charge is 0.372 e. The van der Waals surface area contributed by atoms with Crippen molar-refractivity contribution in [2.45, 2.75) is 45.1 Å². The normalized spacial score (nSPS) is 19.3. The van der Waals surface area contributed by atoms with Crippen molar-refractivity contribution in [1.29, 1.82) is 0 Å². The third kappa shape index (κ3) is 3.22. The lowest BCUT2D eigenvalue weighted by molar-refractivity contribution is 0.0594. The van der Waals surface area contributed by atoms with Gasteiger partial charge in [-0.1, -0.05) is 13.3 Å². The highest BCUT2D eigenvalue weighted by Crippen LogP contribution is 2.22. The molecule has 1 amide bonds. The highest BCUT2D eigenvalue weighted by molar-refractivity contribution is 5.92. The predicted molar refractivity (Wildman–Crippen MR) is 75.2 cm³/mol. The molecule has 5 nitrogen and oxygen atoms in total. The van der Waals surface area contributed by atoms with Crippen LogP contribution < -0.4 is 5.32 Å². The third-order valence-corrected chi connectivity index (χ3v) is 3.62. The van der Waals surface area contributed by atoms with Crippen molar-refractivity contribution in [3.63, 3.8) is 0 Å². The Balaban J connectivity index is 2.16. The van der Waals surface area contributed by atoms with Crippen molar-refractivity contribution >= 4 is 11.7 Å². The first-order valence-electron chi connectivity index (χ1n) is 7.07. The van der Waals surface area contributed by atoms with Crippen LogP contribution in [-0.2, 0) is 0 Å². The Hall–Kier alpha value is -1.65. The van der Waals surface area contributed by atoms with E-state index in [-0.39, 0.29) is 5.91 Å². The number of carbonyl (C=O) groups is 1. The molecule has 1 aliphatic heterocycles. The molecule has 1 aromatic heterocycles. The number of hydrogen-bond donors (Lipinski definition) is 1. The second-order valence-corrected chi connectivity index (χ2v) is 4.98. The quantitative estimate of drug-likeness (QED) is 0.904. The Morgan fingerprint density at radius 2 is 2.32 bits per heavy atom. The van der Waals surface area contributed by atoms with Crippen molar-refractivity contribution in [2.24, 2.45) is 0 Å². The molecule has 19 heavy (non-hydrogen) atoms. The van der Waals surface area contributed by atoms with Crippen LogP contribution in [0, 0.1) is 0 Å². The molecule has 1 aliphatic rings. The summed E-state index contributed by atoms with van der Waals surface area (Å²) in [5.41, 5.74) is 0.440. The highest BCUT2D eigenvalue weighted by atomic mass is 16.2. The molecule has 1 N–H and O–H groups in total. The van der Waals surface area contributed by atoms with Gasteiger partial charge in [0.2, 0.25) is 0 Å². The molecule has 1 unspecified atom stereocenters. The molecule has 0 aliphatic carbocycles. The molecule has 0 spiro atoms. The second-order valence-electron chi connectivity index (χ2n) is 4.98. The zero-order valence-electron chi connectivity index (χ0n) is 11.7. The molecule has 1 atom stereocenters. The van der Waals surface area contributed by atoms with E-state index in [0.29, 0.717) is 17.6 Å². The summed E-state index contributed by atoms with van der Waals surface area (Å²) in [5.74, 6) is 0.651. The number of nitrogens with zero attached hydrogens (tertiary/aromatic N) is 3. The maximum absolute atomic E-state index is 12.5. The van der Waals surface area contributed by atoms with E-state index in [2.05, 4.69) is 22.2 Å². The first kappa shape index (κ1) is 13.8. The first-order chi connectivity index (χ1) is 9.26. The van der Waals surface area contributed by atoms with Crippen molar-refractivity contribution in [2.75, 3.05) is 18.9 Å². The molecule has 0 bridgehead atoms. The average molecular weight is 262 g/mol. The van der Waals surface area contributed by atoms with Gasteiger partial charge in [0.05, 0.1) is 12.4 Å². The van der Waals surface area contributed by atoms with Gasteiger partial charge in [-0.2, -0.15) is 0 Å². The van der Waals surface area contributed by atoms with Crippen molar-refractivity contribution < 1.29 is 4.79 Å². The van der Waals surface area contributed by atoms with Gasteiger partial charge in [0.25, 0.3) is 5.91 Å². The molecule has 104 valence electrons. The summed E-state index contributed by atoms with van der Waals surface area (Å²) >= 11 is 0. The minimum atomic E-state index is 0.0164. The van der Waals surface area contributed by atoms with Crippen molar-refractivity contribution in [1.82, 2.24) is 14.9 Å². The SMILES string of the molecule is CCCC1CCCCN1C(=O)c1cncc(NC)n1. The summed E-state index contributed by atoms with van der Waals surface area (Å²) in [5, 5.41) is 2.92. The Kier molecular flexibility index (Phi) is 4.71. The minimum Gasteiger partial charge on any atom is -0.372 e. The number of hydrogen-bond acceptors (Lipinski definition) is 4. The number of aromatic nitrogens is 2. The molecule has 1 saturated heterocycles. The summed E-state index contributed by atoms with van der Waals surface area (Å²) in [6.07, 6.45) is 8.78. The lowest BCUT2D eigenvalue weighted by Gasteiger charge is -2.35. The third-order valence-electron chi connectivity index (χ3n) is 3.62. The second kappa shape index (κ2) is 6.50. The number of likely N-dealkylation sites (tertiary alicyclic amines) is 1. The van der Waals surface area contributed by atoms with Crippen LogP contribution in [0.3, 0.4) is 0 Å². The summed E-state index contributed by atoms with van der Waals surface area (Å²) in [6, 6.07) is 0.367. The summed E-state index contributed by atoms with van der Waals surface area (Å²) in [4.78, 5) is 22.9. The zero-order chi connectivity index (χ0) is 13.7. The Morgan fingerprint density at radius 1 is 1.47 bits per heavy atom. The molecule has 0 aromatic carbocycles. The van der Waals surface area contributed by atoms with Crippen molar-refractivity contribution in [3.8, 4) is 0 Å². The van der Waals surface area contributed by atoms with Gasteiger partial charge >= 0.3 is 0 Å². The van der Waals surface area contributed by atoms with Gasteiger partial charge in [0, 0.05) is 19.6 Å². The van der Waals surface area contributed by atoms with Gasteiger partial charge in [0.15, 0.2) is 0 Å². The van der Waals surface area contributed by atoms with Crippen LogP contribution in [0.4, 0.5) is 5.82 Å². The minimum absolute atomic E-state index is 0.0164. The molecular weight excluding hydrogens is 240 g/mol. The average Bonchev–Trinajstić information content (AvgIpc) is 2.47. The number of amides is 1. The number of carbonyl (C=O) groups excluding carboxylic acids is 1. The number of nitrogens with one attached hydrogen (secondary N) is 1. The fraction of sp³-hybridized carbons (Fsp3) is 0.643. The van der Waals surface area contributed by atoms with Gasteiger partial charge in [-0.3, -0.25) is 9.78 Å². The van der Waals surface area contributed by atoms with E-state index in [1.807, 2.05) is 4.90 Å². The zero-order valence-corrected chi connectivity index (χ0v) is 11.7. The molecule has 0 saturated carbocycles. The van der Waals surface area contributed by atoms with E-state index < -0.39 is 0 Å². The van der Waals surface area contributed by atoms with Gasteiger partial charge in [0.1, 0.15) is 11.5 Å². The fourth-order valence-corrected chi connectivity index (χ4v) is 2.64. The summed E-state index contributed by atoms with van der Waals surface area (Å²) < 4.78 is 0. The maximum atomic E-state index is 12.5. The van der Waals surface area contributed by atoms with Crippen LogP contribution in [0.5, 0.6) is 0 Å². The summed E-state index contributed by atoms with van der Waals surface area (Å²) in [6.45, 7) is 3.01. The van der Waals surface area contributed by atoms with E-state index >= 15 is 0 Å². The molecule has 2 heterocycles. The van der Waals surface area contributed by atoms with Crippen LogP contribution >= 0.6 is 0 Å². The number of piperidine rings is 1. The van der Waals surface area contributed by atoms with Crippen molar-refractivity contribution in [3.05, 3.63) is 18.1 Å². The van der Waals surface area contributed by atoms with Crippen LogP contribution in [-0.4, -0.2) is 40.4 Å². The maximum Gasteiger partial charge on any atom is 0.274 e. The van der Waals surface area contributed by atoms with E-state index in [4.69, 9.17) is 0 Å².